The highest BCUT2D eigenvalue weighted by Crippen LogP contribution is 2.41. The first-order chi connectivity index (χ1) is 21.0. The second kappa shape index (κ2) is 11.7. The van der Waals surface area contributed by atoms with Crippen LogP contribution in [0.3, 0.4) is 0 Å². The van der Waals surface area contributed by atoms with Gasteiger partial charge in [-0.25, -0.2) is 9.36 Å². The van der Waals surface area contributed by atoms with Gasteiger partial charge in [0.1, 0.15) is 17.2 Å². The van der Waals surface area contributed by atoms with Gasteiger partial charge in [-0.2, -0.15) is 10.2 Å². The molecular formula is C35H31N5O3. The smallest absolute Gasteiger partial charge is 0.225 e. The van der Waals surface area contributed by atoms with Gasteiger partial charge in [-0.3, -0.25) is 0 Å². The summed E-state index contributed by atoms with van der Waals surface area (Å²) in [6.07, 6.45) is 0. The molecule has 0 aliphatic heterocycles. The molecule has 8 nitrogen and oxygen atoms in total. The summed E-state index contributed by atoms with van der Waals surface area (Å²) in [6.45, 7) is 3.89. The van der Waals surface area contributed by atoms with Crippen molar-refractivity contribution in [2.24, 2.45) is 19.3 Å². The van der Waals surface area contributed by atoms with Crippen LogP contribution in [0.5, 0.6) is 23.3 Å². The van der Waals surface area contributed by atoms with E-state index in [4.69, 9.17) is 9.47 Å². The second-order valence-electron chi connectivity index (χ2n) is 10.1. The molecule has 0 radical (unpaired) electrons. The van der Waals surface area contributed by atoms with Crippen molar-refractivity contribution in [1.29, 1.82) is 0 Å². The largest absolute Gasteiger partial charge is 0.439 e. The van der Waals surface area contributed by atoms with Crippen molar-refractivity contribution < 1.29 is 14.7 Å². The van der Waals surface area contributed by atoms with E-state index in [1.807, 2.05) is 137 Å². The Morgan fingerprint density at radius 2 is 0.953 bits per heavy atom. The summed E-state index contributed by atoms with van der Waals surface area (Å²) in [4.78, 5) is 0. The zero-order valence-corrected chi connectivity index (χ0v) is 24.4. The highest BCUT2D eigenvalue weighted by atomic mass is 16.5. The van der Waals surface area contributed by atoms with Gasteiger partial charge in [0.25, 0.3) is 0 Å². The number of aryl methyl sites for hydroxylation is 4. The third-order valence-corrected chi connectivity index (χ3v) is 7.26. The molecule has 0 atom stereocenters. The number of benzene rings is 4. The fraction of sp³-hybridized carbons (Fsp3) is 0.114. The van der Waals surface area contributed by atoms with Crippen LogP contribution in [0.2, 0.25) is 0 Å². The van der Waals surface area contributed by atoms with Crippen LogP contribution >= 0.6 is 0 Å². The maximum Gasteiger partial charge on any atom is 0.225 e. The van der Waals surface area contributed by atoms with Gasteiger partial charge in [0.15, 0.2) is 0 Å². The average molecular weight is 570 g/mol. The van der Waals surface area contributed by atoms with E-state index in [0.717, 1.165) is 44.8 Å². The zero-order chi connectivity index (χ0) is 29.9. The number of oxime groups is 1. The molecule has 1 N–H and O–H groups in total. The molecule has 43 heavy (non-hydrogen) atoms. The Bertz CT molecular complexity index is 1790. The molecule has 0 unspecified atom stereocenters. The molecule has 0 aliphatic rings. The lowest BCUT2D eigenvalue weighted by Crippen LogP contribution is -2.08. The molecule has 6 aromatic rings. The first-order valence-electron chi connectivity index (χ1n) is 13.9. The summed E-state index contributed by atoms with van der Waals surface area (Å²) in [5.41, 5.74) is 6.68. The molecule has 4 aromatic carbocycles. The normalized spacial score (nSPS) is 10.9. The van der Waals surface area contributed by atoms with Crippen LogP contribution in [0, 0.1) is 13.8 Å². The van der Waals surface area contributed by atoms with Gasteiger partial charge < -0.3 is 14.7 Å². The van der Waals surface area contributed by atoms with Gasteiger partial charge in [-0.05, 0) is 49.2 Å². The second-order valence-corrected chi connectivity index (χ2v) is 10.1. The summed E-state index contributed by atoms with van der Waals surface area (Å²) in [7, 11) is 3.71. The molecule has 0 aliphatic carbocycles. The molecule has 0 saturated carbocycles. The standard InChI is InChI=1S/C35H31N5O3/c1-23-31(34(39(3)36-23)42-25-15-7-5-8-16-25)27-19-11-13-21-29(27)33(38-41)30-22-14-12-20-28(30)32-24(2)37-40(4)35(32)43-26-17-9-6-10-18-26/h5-22,41H,1-4H3. The first-order valence-corrected chi connectivity index (χ1v) is 13.9. The van der Waals surface area contributed by atoms with Crippen molar-refractivity contribution in [3.05, 3.63) is 132 Å². The molecule has 0 bridgehead atoms. The Hall–Kier alpha value is -5.63. The zero-order valence-electron chi connectivity index (χ0n) is 24.4. The molecule has 2 aromatic heterocycles. The van der Waals surface area contributed by atoms with Crippen LogP contribution in [0.25, 0.3) is 22.3 Å². The van der Waals surface area contributed by atoms with Gasteiger partial charge in [0.05, 0.1) is 22.5 Å². The lowest BCUT2D eigenvalue weighted by atomic mass is 9.89. The monoisotopic (exact) mass is 569 g/mol. The lowest BCUT2D eigenvalue weighted by Gasteiger charge is -2.16. The van der Waals surface area contributed by atoms with E-state index in [-0.39, 0.29) is 0 Å². The van der Waals surface area contributed by atoms with Crippen molar-refractivity contribution in [3.63, 3.8) is 0 Å². The van der Waals surface area contributed by atoms with Crippen molar-refractivity contribution >= 4 is 5.71 Å². The van der Waals surface area contributed by atoms with Gasteiger partial charge in [-0.1, -0.05) is 90.1 Å². The van der Waals surface area contributed by atoms with Crippen LogP contribution in [0.15, 0.2) is 114 Å². The Labute approximate surface area is 250 Å². The van der Waals surface area contributed by atoms with Crippen LogP contribution in [0.4, 0.5) is 0 Å². The summed E-state index contributed by atoms with van der Waals surface area (Å²) in [5, 5.41) is 23.8. The number of hydrogen-bond acceptors (Lipinski definition) is 6. The predicted molar refractivity (Wildman–Crippen MR) is 167 cm³/mol. The molecule has 0 saturated heterocycles. The summed E-state index contributed by atoms with van der Waals surface area (Å²) >= 11 is 0. The van der Waals surface area contributed by atoms with Gasteiger partial charge >= 0.3 is 0 Å². The van der Waals surface area contributed by atoms with E-state index in [0.29, 0.717) is 29.0 Å². The van der Waals surface area contributed by atoms with Crippen LogP contribution in [-0.2, 0) is 14.1 Å². The molecule has 6 rings (SSSR count). The van der Waals surface area contributed by atoms with Gasteiger partial charge in [0.2, 0.25) is 11.8 Å². The average Bonchev–Trinajstić information content (AvgIpc) is 3.46. The first kappa shape index (κ1) is 27.5. The van der Waals surface area contributed by atoms with Crippen molar-refractivity contribution in [2.75, 3.05) is 0 Å². The molecule has 0 amide bonds. The molecule has 0 fully saturated rings. The topological polar surface area (TPSA) is 86.7 Å². The minimum absolute atomic E-state index is 0.397. The Kier molecular flexibility index (Phi) is 7.49. The summed E-state index contributed by atoms with van der Waals surface area (Å²) < 4.78 is 16.1. The van der Waals surface area contributed by atoms with E-state index >= 15 is 0 Å². The van der Waals surface area contributed by atoms with Crippen molar-refractivity contribution in [1.82, 2.24) is 19.6 Å². The highest BCUT2D eigenvalue weighted by Gasteiger charge is 2.26. The van der Waals surface area contributed by atoms with Crippen molar-refractivity contribution in [3.8, 4) is 45.5 Å². The van der Waals surface area contributed by atoms with Gasteiger partial charge in [0, 0.05) is 25.2 Å². The lowest BCUT2D eigenvalue weighted by molar-refractivity contribution is 0.319. The Morgan fingerprint density at radius 3 is 1.35 bits per heavy atom. The molecule has 214 valence electrons. The fourth-order valence-electron chi connectivity index (χ4n) is 5.40. The third kappa shape index (κ3) is 5.26. The van der Waals surface area contributed by atoms with Crippen LogP contribution in [-0.4, -0.2) is 30.5 Å². The van der Waals surface area contributed by atoms with Crippen LogP contribution < -0.4 is 9.47 Å². The minimum atomic E-state index is 0.397. The Balaban J connectivity index is 1.49. The number of ether oxygens (including phenoxy) is 2. The molecular weight excluding hydrogens is 538 g/mol. The maximum absolute atomic E-state index is 10.6. The number of aromatic nitrogens is 4. The van der Waals surface area contributed by atoms with Gasteiger partial charge in [-0.15, -0.1) is 0 Å². The fourth-order valence-corrected chi connectivity index (χ4v) is 5.40. The molecule has 2 heterocycles. The third-order valence-electron chi connectivity index (χ3n) is 7.26. The highest BCUT2D eigenvalue weighted by molar-refractivity contribution is 6.19. The number of hydrogen-bond donors (Lipinski definition) is 1. The summed E-state index contributed by atoms with van der Waals surface area (Å²) in [6, 6.07) is 34.8. The molecule has 8 heteroatoms. The van der Waals surface area contributed by atoms with Crippen molar-refractivity contribution in [2.45, 2.75) is 13.8 Å². The summed E-state index contributed by atoms with van der Waals surface area (Å²) in [5.74, 6) is 2.57. The minimum Gasteiger partial charge on any atom is -0.439 e. The maximum atomic E-state index is 10.6. The SMILES string of the molecule is Cc1nn(C)c(Oc2ccccc2)c1-c1ccccc1C(=NO)c1ccccc1-c1c(C)nn(C)c1Oc1ccccc1. The number of para-hydroxylation sites is 2. The van der Waals surface area contributed by atoms with E-state index in [2.05, 4.69) is 15.4 Å². The quantitative estimate of drug-likeness (QED) is 0.114. The molecule has 0 spiro atoms. The Morgan fingerprint density at radius 1 is 0.581 bits per heavy atom. The van der Waals surface area contributed by atoms with E-state index < -0.39 is 0 Å². The van der Waals surface area contributed by atoms with E-state index in [1.54, 1.807) is 9.36 Å². The van der Waals surface area contributed by atoms with E-state index in [1.165, 1.54) is 0 Å². The van der Waals surface area contributed by atoms with E-state index in [9.17, 15) is 5.21 Å². The predicted octanol–water partition coefficient (Wildman–Crippen LogP) is 7.92. The number of nitrogens with zero attached hydrogens (tertiary/aromatic N) is 5. The number of rotatable bonds is 8. The van der Waals surface area contributed by atoms with Crippen LogP contribution in [0.1, 0.15) is 22.5 Å².